The maximum absolute atomic E-state index is 12.3. The van der Waals surface area contributed by atoms with Crippen LogP contribution in [0.5, 0.6) is 0 Å². The van der Waals surface area contributed by atoms with Gasteiger partial charge in [-0.3, -0.25) is 4.79 Å². The molecule has 2 aromatic carbocycles. The summed E-state index contributed by atoms with van der Waals surface area (Å²) in [7, 11) is 0. The van der Waals surface area contributed by atoms with E-state index in [0.29, 0.717) is 13.0 Å². The number of nitrogens with one attached hydrogen (secondary N) is 1. The molecule has 0 aliphatic heterocycles. The summed E-state index contributed by atoms with van der Waals surface area (Å²) in [6.45, 7) is 2.62. The average molecular weight is 319 g/mol. The van der Waals surface area contributed by atoms with Crippen molar-refractivity contribution in [2.75, 3.05) is 0 Å². The highest BCUT2D eigenvalue weighted by atomic mass is 16.3. The van der Waals surface area contributed by atoms with Gasteiger partial charge in [0.2, 0.25) is 5.91 Å². The standard InChI is InChI=1S/C21H21NO2/c1-14-5-7-15(8-6-14)12-22-21(23)11-18-13-24-20-10-17-4-2-3-16(17)9-19(18)20/h5-10,13H,2-4,11-12H2,1H3,(H,22,23). The zero-order chi connectivity index (χ0) is 16.5. The Kier molecular flexibility index (Phi) is 3.85. The lowest BCUT2D eigenvalue weighted by molar-refractivity contribution is -0.120. The van der Waals surface area contributed by atoms with E-state index < -0.39 is 0 Å². The number of furan rings is 1. The Labute approximate surface area is 141 Å². The first-order valence-electron chi connectivity index (χ1n) is 8.53. The number of fused-ring (bicyclic) bond motifs is 2. The number of amides is 1. The highest BCUT2D eigenvalue weighted by Gasteiger charge is 2.16. The monoisotopic (exact) mass is 319 g/mol. The second-order valence-corrected chi connectivity index (χ2v) is 6.67. The van der Waals surface area contributed by atoms with Crippen LogP contribution in [0.25, 0.3) is 11.0 Å². The SMILES string of the molecule is Cc1ccc(CNC(=O)Cc2coc3cc4c(cc23)CCC4)cc1. The Morgan fingerprint density at radius 1 is 1.12 bits per heavy atom. The smallest absolute Gasteiger partial charge is 0.224 e. The van der Waals surface area contributed by atoms with Gasteiger partial charge >= 0.3 is 0 Å². The molecule has 24 heavy (non-hydrogen) atoms. The third-order valence-electron chi connectivity index (χ3n) is 4.83. The van der Waals surface area contributed by atoms with E-state index >= 15 is 0 Å². The van der Waals surface area contributed by atoms with Crippen LogP contribution in [0.2, 0.25) is 0 Å². The molecule has 0 fully saturated rings. The van der Waals surface area contributed by atoms with Crippen LogP contribution in [0.3, 0.4) is 0 Å². The maximum Gasteiger partial charge on any atom is 0.224 e. The summed E-state index contributed by atoms with van der Waals surface area (Å²) in [4.78, 5) is 12.3. The van der Waals surface area contributed by atoms with Crippen LogP contribution in [0.15, 0.2) is 47.1 Å². The Hall–Kier alpha value is -2.55. The van der Waals surface area contributed by atoms with E-state index in [1.165, 1.54) is 23.1 Å². The van der Waals surface area contributed by atoms with E-state index in [-0.39, 0.29) is 5.91 Å². The molecule has 1 aromatic heterocycles. The summed E-state index contributed by atoms with van der Waals surface area (Å²) in [6.07, 6.45) is 5.57. The molecule has 4 rings (SSSR count). The van der Waals surface area contributed by atoms with Gasteiger partial charge in [-0.2, -0.15) is 0 Å². The summed E-state index contributed by atoms with van der Waals surface area (Å²) in [5.41, 5.74) is 7.02. The molecule has 1 N–H and O–H groups in total. The lowest BCUT2D eigenvalue weighted by Crippen LogP contribution is -2.24. The number of carbonyl (C=O) groups is 1. The summed E-state index contributed by atoms with van der Waals surface area (Å²) >= 11 is 0. The fourth-order valence-corrected chi connectivity index (χ4v) is 3.43. The van der Waals surface area contributed by atoms with E-state index in [1.807, 2.05) is 12.1 Å². The minimum absolute atomic E-state index is 0.0266. The lowest BCUT2D eigenvalue weighted by Gasteiger charge is -2.05. The molecular weight excluding hydrogens is 298 g/mol. The molecule has 3 nitrogen and oxygen atoms in total. The van der Waals surface area contributed by atoms with Crippen LogP contribution in [-0.2, 0) is 30.6 Å². The number of benzene rings is 2. The topological polar surface area (TPSA) is 42.2 Å². The molecule has 0 saturated carbocycles. The van der Waals surface area contributed by atoms with Crippen LogP contribution < -0.4 is 5.32 Å². The Balaban J connectivity index is 1.45. The van der Waals surface area contributed by atoms with Gasteiger partial charge < -0.3 is 9.73 Å². The van der Waals surface area contributed by atoms with Gasteiger partial charge in [0.15, 0.2) is 0 Å². The van der Waals surface area contributed by atoms with Gasteiger partial charge in [0, 0.05) is 17.5 Å². The first kappa shape index (κ1) is 15.0. The summed E-state index contributed by atoms with van der Waals surface area (Å²) in [5.74, 6) is 0.0266. The summed E-state index contributed by atoms with van der Waals surface area (Å²) < 4.78 is 5.67. The second kappa shape index (κ2) is 6.16. The van der Waals surface area contributed by atoms with Crippen LogP contribution in [0.1, 0.15) is 34.2 Å². The van der Waals surface area contributed by atoms with Crippen molar-refractivity contribution in [2.45, 2.75) is 39.2 Å². The van der Waals surface area contributed by atoms with E-state index in [2.05, 4.69) is 36.5 Å². The highest BCUT2D eigenvalue weighted by Crippen LogP contribution is 2.30. The van der Waals surface area contributed by atoms with Crippen molar-refractivity contribution < 1.29 is 9.21 Å². The molecule has 1 amide bonds. The van der Waals surface area contributed by atoms with Crippen LogP contribution in [0, 0.1) is 6.92 Å². The molecule has 0 bridgehead atoms. The van der Waals surface area contributed by atoms with Gasteiger partial charge in [-0.25, -0.2) is 0 Å². The first-order chi connectivity index (χ1) is 11.7. The summed E-state index contributed by atoms with van der Waals surface area (Å²) in [6, 6.07) is 12.6. The molecule has 0 radical (unpaired) electrons. The Morgan fingerprint density at radius 3 is 2.67 bits per heavy atom. The van der Waals surface area contributed by atoms with E-state index in [4.69, 9.17) is 4.42 Å². The van der Waals surface area contributed by atoms with E-state index in [0.717, 1.165) is 34.9 Å². The maximum atomic E-state index is 12.3. The lowest BCUT2D eigenvalue weighted by atomic mass is 10.0. The molecule has 1 heterocycles. The normalized spacial score (nSPS) is 13.2. The highest BCUT2D eigenvalue weighted by molar-refractivity contribution is 5.88. The minimum atomic E-state index is 0.0266. The second-order valence-electron chi connectivity index (χ2n) is 6.67. The van der Waals surface area contributed by atoms with Crippen molar-refractivity contribution in [3.05, 3.63) is 70.5 Å². The van der Waals surface area contributed by atoms with Crippen LogP contribution in [-0.4, -0.2) is 5.91 Å². The number of hydrogen-bond donors (Lipinski definition) is 1. The molecule has 3 aromatic rings. The minimum Gasteiger partial charge on any atom is -0.464 e. The molecule has 1 aliphatic carbocycles. The molecule has 0 saturated heterocycles. The zero-order valence-corrected chi connectivity index (χ0v) is 13.9. The van der Waals surface area contributed by atoms with Crippen molar-refractivity contribution in [3.63, 3.8) is 0 Å². The predicted octanol–water partition coefficient (Wildman–Crippen LogP) is 4.09. The molecule has 122 valence electrons. The number of aryl methyl sites for hydroxylation is 3. The quantitative estimate of drug-likeness (QED) is 0.787. The van der Waals surface area contributed by atoms with Gasteiger partial charge in [0.25, 0.3) is 0 Å². The molecule has 0 unspecified atom stereocenters. The zero-order valence-electron chi connectivity index (χ0n) is 13.9. The molecular formula is C21H21NO2. The molecule has 1 aliphatic rings. The van der Waals surface area contributed by atoms with Crippen molar-refractivity contribution in [2.24, 2.45) is 0 Å². The van der Waals surface area contributed by atoms with Crippen molar-refractivity contribution in [1.82, 2.24) is 5.32 Å². The molecule has 3 heteroatoms. The fourth-order valence-electron chi connectivity index (χ4n) is 3.43. The van der Waals surface area contributed by atoms with Gasteiger partial charge in [0.05, 0.1) is 12.7 Å². The van der Waals surface area contributed by atoms with Gasteiger partial charge in [-0.05, 0) is 55.0 Å². The van der Waals surface area contributed by atoms with Crippen molar-refractivity contribution in [3.8, 4) is 0 Å². The average Bonchev–Trinajstić information content (AvgIpc) is 3.19. The third kappa shape index (κ3) is 2.94. The Morgan fingerprint density at radius 2 is 1.88 bits per heavy atom. The Bertz CT molecular complexity index is 890. The number of carbonyl (C=O) groups excluding carboxylic acids is 1. The van der Waals surface area contributed by atoms with E-state index in [9.17, 15) is 4.79 Å². The third-order valence-corrected chi connectivity index (χ3v) is 4.83. The van der Waals surface area contributed by atoms with Crippen molar-refractivity contribution >= 4 is 16.9 Å². The van der Waals surface area contributed by atoms with Gasteiger partial charge in [-0.1, -0.05) is 29.8 Å². The predicted molar refractivity (Wildman–Crippen MR) is 95.0 cm³/mol. The first-order valence-corrected chi connectivity index (χ1v) is 8.53. The fraction of sp³-hybridized carbons (Fsp3) is 0.286. The number of hydrogen-bond acceptors (Lipinski definition) is 2. The van der Waals surface area contributed by atoms with E-state index in [1.54, 1.807) is 6.26 Å². The summed E-state index contributed by atoms with van der Waals surface area (Å²) in [5, 5.41) is 4.08. The largest absolute Gasteiger partial charge is 0.464 e. The molecule has 0 atom stereocenters. The molecule has 0 spiro atoms. The van der Waals surface area contributed by atoms with Gasteiger partial charge in [0.1, 0.15) is 5.58 Å². The van der Waals surface area contributed by atoms with Crippen LogP contribution >= 0.6 is 0 Å². The van der Waals surface area contributed by atoms with Crippen molar-refractivity contribution in [1.29, 1.82) is 0 Å². The van der Waals surface area contributed by atoms with Gasteiger partial charge in [-0.15, -0.1) is 0 Å². The van der Waals surface area contributed by atoms with Crippen LogP contribution in [0.4, 0.5) is 0 Å². The number of rotatable bonds is 4.